The lowest BCUT2D eigenvalue weighted by molar-refractivity contribution is -0.141. The Bertz CT molecular complexity index is 802. The van der Waals surface area contributed by atoms with E-state index >= 15 is 0 Å². The predicted molar refractivity (Wildman–Crippen MR) is 94.9 cm³/mol. The van der Waals surface area contributed by atoms with Crippen LogP contribution in [0.4, 0.5) is 0 Å². The molecule has 1 aromatic carbocycles. The van der Waals surface area contributed by atoms with Crippen molar-refractivity contribution in [3.8, 4) is 10.6 Å². The number of carbonyl (C=O) groups excluding carboxylic acids is 1. The Balaban J connectivity index is 1.75. The molecule has 3 rings (SSSR count). The second-order valence-electron chi connectivity index (χ2n) is 6.20. The van der Waals surface area contributed by atoms with E-state index < -0.39 is 12.1 Å². The van der Waals surface area contributed by atoms with Crippen LogP contribution in [0.15, 0.2) is 23.6 Å². The van der Waals surface area contributed by atoms with Crippen molar-refractivity contribution in [2.45, 2.75) is 26.4 Å². The summed E-state index contributed by atoms with van der Waals surface area (Å²) in [6.45, 7) is 5.15. The summed E-state index contributed by atoms with van der Waals surface area (Å²) in [5.41, 5.74) is 3.74. The van der Waals surface area contributed by atoms with Crippen LogP contribution in [0.25, 0.3) is 10.6 Å². The zero-order valence-corrected chi connectivity index (χ0v) is 15.0. The molecule has 1 aliphatic rings. The lowest BCUT2D eigenvalue weighted by Crippen LogP contribution is -2.46. The van der Waals surface area contributed by atoms with Crippen molar-refractivity contribution in [3.63, 3.8) is 0 Å². The van der Waals surface area contributed by atoms with Crippen molar-refractivity contribution >= 4 is 23.2 Å². The van der Waals surface area contributed by atoms with Gasteiger partial charge in [-0.1, -0.05) is 23.8 Å². The molecule has 25 heavy (non-hydrogen) atoms. The van der Waals surface area contributed by atoms with Crippen LogP contribution in [0.5, 0.6) is 0 Å². The number of carbonyl (C=O) groups is 2. The van der Waals surface area contributed by atoms with Crippen molar-refractivity contribution < 1.29 is 19.4 Å². The molecule has 1 aliphatic heterocycles. The molecule has 2 aromatic rings. The van der Waals surface area contributed by atoms with E-state index in [1.165, 1.54) is 16.9 Å². The molecule has 6 nitrogen and oxygen atoms in total. The average molecular weight is 360 g/mol. The highest BCUT2D eigenvalue weighted by atomic mass is 32.1. The number of carboxylic acid groups (broad SMARTS) is 1. The van der Waals surface area contributed by atoms with Crippen LogP contribution in [0.3, 0.4) is 0 Å². The van der Waals surface area contributed by atoms with E-state index in [0.717, 1.165) is 16.1 Å². The van der Waals surface area contributed by atoms with Gasteiger partial charge in [0.25, 0.3) is 5.91 Å². The van der Waals surface area contributed by atoms with Gasteiger partial charge >= 0.3 is 5.97 Å². The standard InChI is InChI=1S/C18H20N2O4S/c1-11-3-4-14(12(2)7-11)17-19-15(10-25-17)18(23)20-5-6-24-13(9-20)8-16(21)22/h3-4,7,10,13H,5-6,8-9H2,1-2H3,(H,21,22)/t13-/m1/s1. The Labute approximate surface area is 150 Å². The maximum atomic E-state index is 12.7. The van der Waals surface area contributed by atoms with Crippen molar-refractivity contribution in [1.29, 1.82) is 0 Å². The molecule has 132 valence electrons. The largest absolute Gasteiger partial charge is 0.481 e. The molecule has 1 aromatic heterocycles. The molecular weight excluding hydrogens is 340 g/mol. The van der Waals surface area contributed by atoms with E-state index in [1.807, 2.05) is 26.0 Å². The highest BCUT2D eigenvalue weighted by molar-refractivity contribution is 7.13. The second-order valence-corrected chi connectivity index (χ2v) is 7.06. The van der Waals surface area contributed by atoms with Gasteiger partial charge in [0.1, 0.15) is 10.7 Å². The number of benzene rings is 1. The fourth-order valence-electron chi connectivity index (χ4n) is 2.93. The molecule has 2 heterocycles. The highest BCUT2D eigenvalue weighted by Gasteiger charge is 2.28. The molecule has 7 heteroatoms. The number of ether oxygens (including phenoxy) is 1. The molecule has 0 unspecified atom stereocenters. The van der Waals surface area contributed by atoms with Crippen LogP contribution < -0.4 is 0 Å². The zero-order valence-electron chi connectivity index (χ0n) is 14.2. The number of aryl methyl sites for hydroxylation is 2. The minimum atomic E-state index is -0.926. The molecular formula is C18H20N2O4S. The molecule has 0 aliphatic carbocycles. The number of thiazole rings is 1. The van der Waals surface area contributed by atoms with E-state index in [0.29, 0.717) is 18.8 Å². The Kier molecular flexibility index (Phi) is 5.15. The minimum Gasteiger partial charge on any atom is -0.481 e. The highest BCUT2D eigenvalue weighted by Crippen LogP contribution is 2.28. The third-order valence-corrected chi connectivity index (χ3v) is 5.04. The van der Waals surface area contributed by atoms with Crippen molar-refractivity contribution in [3.05, 3.63) is 40.4 Å². The number of nitrogens with zero attached hydrogens (tertiary/aromatic N) is 2. The Morgan fingerprint density at radius 3 is 2.92 bits per heavy atom. The van der Waals surface area contributed by atoms with Crippen LogP contribution in [0.1, 0.15) is 28.0 Å². The van der Waals surface area contributed by atoms with E-state index in [9.17, 15) is 9.59 Å². The second kappa shape index (κ2) is 7.33. The van der Waals surface area contributed by atoms with Gasteiger partial charge in [-0.25, -0.2) is 4.98 Å². The fourth-order valence-corrected chi connectivity index (χ4v) is 3.82. The van der Waals surface area contributed by atoms with Gasteiger partial charge in [0.2, 0.25) is 0 Å². The van der Waals surface area contributed by atoms with Gasteiger partial charge in [-0.2, -0.15) is 0 Å². The summed E-state index contributed by atoms with van der Waals surface area (Å²) in [4.78, 5) is 29.6. The first kappa shape index (κ1) is 17.6. The summed E-state index contributed by atoms with van der Waals surface area (Å²) in [5.74, 6) is -1.10. The molecule has 0 spiro atoms. The smallest absolute Gasteiger partial charge is 0.306 e. The van der Waals surface area contributed by atoms with Gasteiger partial charge < -0.3 is 14.7 Å². The van der Waals surface area contributed by atoms with E-state index in [-0.39, 0.29) is 18.9 Å². The summed E-state index contributed by atoms with van der Waals surface area (Å²) in [5, 5.41) is 11.5. The van der Waals surface area contributed by atoms with Crippen molar-refractivity contribution in [2.75, 3.05) is 19.7 Å². The summed E-state index contributed by atoms with van der Waals surface area (Å²) >= 11 is 1.44. The number of morpholine rings is 1. The molecule has 0 radical (unpaired) electrons. The lowest BCUT2D eigenvalue weighted by atomic mass is 10.1. The molecule has 1 N–H and O–H groups in total. The molecule has 1 fully saturated rings. The summed E-state index contributed by atoms with van der Waals surface area (Å²) in [6, 6.07) is 6.15. The first-order valence-electron chi connectivity index (χ1n) is 8.10. The zero-order chi connectivity index (χ0) is 18.0. The van der Waals surface area contributed by atoms with E-state index in [4.69, 9.17) is 9.84 Å². The minimum absolute atomic E-state index is 0.103. The normalized spacial score (nSPS) is 17.5. The van der Waals surface area contributed by atoms with Gasteiger partial charge in [-0.3, -0.25) is 9.59 Å². The monoisotopic (exact) mass is 360 g/mol. The van der Waals surface area contributed by atoms with Crippen LogP contribution >= 0.6 is 11.3 Å². The summed E-state index contributed by atoms with van der Waals surface area (Å²) < 4.78 is 5.41. The number of aliphatic carboxylic acids is 1. The van der Waals surface area contributed by atoms with Crippen LogP contribution in [0, 0.1) is 13.8 Å². The number of amides is 1. The fraction of sp³-hybridized carbons (Fsp3) is 0.389. The summed E-state index contributed by atoms with van der Waals surface area (Å²) in [6.07, 6.45) is -0.568. The molecule has 0 bridgehead atoms. The SMILES string of the molecule is Cc1ccc(-c2nc(C(=O)N3CCO[C@H](CC(=O)O)C3)cs2)c(C)c1. The van der Waals surface area contributed by atoms with Gasteiger partial charge in [0.15, 0.2) is 0 Å². The van der Waals surface area contributed by atoms with Crippen LogP contribution in [-0.4, -0.2) is 52.7 Å². The Hall–Kier alpha value is -2.25. The average Bonchev–Trinajstić information content (AvgIpc) is 3.03. The number of aromatic nitrogens is 1. The lowest BCUT2D eigenvalue weighted by Gasteiger charge is -2.31. The first-order chi connectivity index (χ1) is 11.9. The summed E-state index contributed by atoms with van der Waals surface area (Å²) in [7, 11) is 0. The van der Waals surface area contributed by atoms with Crippen molar-refractivity contribution in [2.24, 2.45) is 0 Å². The Morgan fingerprint density at radius 1 is 1.40 bits per heavy atom. The van der Waals surface area contributed by atoms with Gasteiger partial charge in [-0.05, 0) is 19.4 Å². The third-order valence-electron chi connectivity index (χ3n) is 4.16. The van der Waals surface area contributed by atoms with Gasteiger partial charge in [0.05, 0.1) is 19.1 Å². The third kappa shape index (κ3) is 4.05. The van der Waals surface area contributed by atoms with Crippen molar-refractivity contribution in [1.82, 2.24) is 9.88 Å². The van der Waals surface area contributed by atoms with Gasteiger partial charge in [0, 0.05) is 24.0 Å². The number of hydrogen-bond acceptors (Lipinski definition) is 5. The van der Waals surface area contributed by atoms with E-state index in [2.05, 4.69) is 11.1 Å². The van der Waals surface area contributed by atoms with Crippen LogP contribution in [0.2, 0.25) is 0 Å². The quantitative estimate of drug-likeness (QED) is 0.907. The predicted octanol–water partition coefficient (Wildman–Crippen LogP) is 2.74. The Morgan fingerprint density at radius 2 is 2.20 bits per heavy atom. The number of hydrogen-bond donors (Lipinski definition) is 1. The maximum Gasteiger partial charge on any atom is 0.306 e. The molecule has 1 atom stereocenters. The van der Waals surface area contributed by atoms with Crippen LogP contribution in [-0.2, 0) is 9.53 Å². The van der Waals surface area contributed by atoms with Gasteiger partial charge in [-0.15, -0.1) is 11.3 Å². The molecule has 1 amide bonds. The molecule has 1 saturated heterocycles. The number of rotatable bonds is 4. The topological polar surface area (TPSA) is 79.7 Å². The first-order valence-corrected chi connectivity index (χ1v) is 8.98. The molecule has 0 saturated carbocycles. The number of carboxylic acids is 1. The maximum absolute atomic E-state index is 12.7. The van der Waals surface area contributed by atoms with E-state index in [1.54, 1.807) is 10.3 Å².